The SMILES string of the molecule is CC(=O)CCc1ccc(OC(=O)C(C)(C)CCCOc2cc(C)ccc2C)cc1. The number of hydrogen-bond acceptors (Lipinski definition) is 4. The van der Waals surface area contributed by atoms with E-state index in [1.807, 2.05) is 45.9 Å². The van der Waals surface area contributed by atoms with Gasteiger partial charge in [0, 0.05) is 6.42 Å². The minimum absolute atomic E-state index is 0.170. The summed E-state index contributed by atoms with van der Waals surface area (Å²) in [5.74, 6) is 1.35. The van der Waals surface area contributed by atoms with Crippen molar-refractivity contribution < 1.29 is 19.1 Å². The van der Waals surface area contributed by atoms with Crippen molar-refractivity contribution in [1.82, 2.24) is 0 Å². The minimum atomic E-state index is -0.599. The van der Waals surface area contributed by atoms with Crippen LogP contribution in [0.4, 0.5) is 0 Å². The standard InChI is InChI=1S/C25H32O4/c1-18-7-8-19(2)23(17-18)28-16-6-15-25(4,5)24(27)29-22-13-11-21(12-14-22)10-9-20(3)26/h7-8,11-14,17H,6,9-10,15-16H2,1-5H3. The van der Waals surface area contributed by atoms with Gasteiger partial charge in [0.1, 0.15) is 17.3 Å². The van der Waals surface area contributed by atoms with E-state index in [2.05, 4.69) is 12.1 Å². The first kappa shape index (κ1) is 22.7. The van der Waals surface area contributed by atoms with Gasteiger partial charge in [-0.15, -0.1) is 0 Å². The highest BCUT2D eigenvalue weighted by molar-refractivity contribution is 5.78. The smallest absolute Gasteiger partial charge is 0.316 e. The van der Waals surface area contributed by atoms with Gasteiger partial charge < -0.3 is 14.3 Å². The molecule has 0 saturated carbocycles. The quantitative estimate of drug-likeness (QED) is 0.297. The molecule has 0 bridgehead atoms. The summed E-state index contributed by atoms with van der Waals surface area (Å²) in [6.45, 7) is 10.0. The lowest BCUT2D eigenvalue weighted by Gasteiger charge is -2.22. The molecule has 0 aliphatic carbocycles. The molecule has 156 valence electrons. The Balaban J connectivity index is 1.81. The Hall–Kier alpha value is -2.62. The van der Waals surface area contributed by atoms with E-state index in [4.69, 9.17) is 9.47 Å². The second-order valence-corrected chi connectivity index (χ2v) is 8.34. The molecule has 4 heteroatoms. The number of aryl methyl sites for hydroxylation is 3. The van der Waals surface area contributed by atoms with Crippen molar-refractivity contribution in [2.45, 2.75) is 60.3 Å². The molecule has 0 heterocycles. The third kappa shape index (κ3) is 7.37. The second kappa shape index (κ2) is 10.2. The molecule has 0 fully saturated rings. The molecule has 2 rings (SSSR count). The van der Waals surface area contributed by atoms with Gasteiger partial charge in [0.25, 0.3) is 0 Å². The molecule has 0 aliphatic heterocycles. The Morgan fingerprint density at radius 1 is 1.00 bits per heavy atom. The van der Waals surface area contributed by atoms with Crippen molar-refractivity contribution in [2.24, 2.45) is 5.41 Å². The zero-order valence-corrected chi connectivity index (χ0v) is 18.2. The number of carbonyl (C=O) groups is 2. The molecule has 2 aromatic rings. The first-order chi connectivity index (χ1) is 13.7. The van der Waals surface area contributed by atoms with Gasteiger partial charge in [-0.3, -0.25) is 4.79 Å². The number of carbonyl (C=O) groups excluding carboxylic acids is 2. The molecular formula is C25H32O4. The van der Waals surface area contributed by atoms with Crippen LogP contribution < -0.4 is 9.47 Å². The van der Waals surface area contributed by atoms with Crippen LogP contribution in [-0.4, -0.2) is 18.4 Å². The summed E-state index contributed by atoms with van der Waals surface area (Å²) in [6, 6.07) is 13.5. The van der Waals surface area contributed by atoms with Crippen molar-refractivity contribution in [1.29, 1.82) is 0 Å². The van der Waals surface area contributed by atoms with Crippen LogP contribution in [0.5, 0.6) is 11.5 Å². The molecule has 0 amide bonds. The summed E-state index contributed by atoms with van der Waals surface area (Å²) in [4.78, 5) is 23.7. The molecule has 29 heavy (non-hydrogen) atoms. The molecule has 0 spiro atoms. The third-order valence-corrected chi connectivity index (χ3v) is 5.00. The summed E-state index contributed by atoms with van der Waals surface area (Å²) in [6.07, 6.45) is 2.67. The van der Waals surface area contributed by atoms with Gasteiger partial charge in [-0.2, -0.15) is 0 Å². The van der Waals surface area contributed by atoms with Crippen molar-refractivity contribution in [2.75, 3.05) is 6.61 Å². The first-order valence-corrected chi connectivity index (χ1v) is 10.2. The minimum Gasteiger partial charge on any atom is -0.493 e. The lowest BCUT2D eigenvalue weighted by atomic mass is 9.88. The van der Waals surface area contributed by atoms with Crippen LogP contribution in [-0.2, 0) is 16.0 Å². The van der Waals surface area contributed by atoms with E-state index in [0.717, 1.165) is 23.3 Å². The maximum Gasteiger partial charge on any atom is 0.316 e. The fraction of sp³-hybridized carbons (Fsp3) is 0.440. The van der Waals surface area contributed by atoms with E-state index in [-0.39, 0.29) is 11.8 Å². The Morgan fingerprint density at radius 2 is 1.69 bits per heavy atom. The lowest BCUT2D eigenvalue weighted by Crippen LogP contribution is -2.29. The van der Waals surface area contributed by atoms with Crippen molar-refractivity contribution >= 4 is 11.8 Å². The number of benzene rings is 2. The monoisotopic (exact) mass is 396 g/mol. The van der Waals surface area contributed by atoms with Crippen molar-refractivity contribution in [3.63, 3.8) is 0 Å². The summed E-state index contributed by atoms with van der Waals surface area (Å²) in [5.41, 5.74) is 2.74. The molecule has 4 nitrogen and oxygen atoms in total. The van der Waals surface area contributed by atoms with E-state index >= 15 is 0 Å². The van der Waals surface area contributed by atoms with Crippen LogP contribution in [0, 0.1) is 19.3 Å². The molecule has 0 saturated heterocycles. The Kier molecular flexibility index (Phi) is 8.00. The fourth-order valence-electron chi connectivity index (χ4n) is 2.95. The average molecular weight is 397 g/mol. The van der Waals surface area contributed by atoms with Crippen LogP contribution in [0.25, 0.3) is 0 Å². The second-order valence-electron chi connectivity index (χ2n) is 8.34. The average Bonchev–Trinajstić information content (AvgIpc) is 2.67. The highest BCUT2D eigenvalue weighted by atomic mass is 16.5. The maximum absolute atomic E-state index is 12.6. The van der Waals surface area contributed by atoms with Crippen LogP contribution in [0.3, 0.4) is 0 Å². The number of ether oxygens (including phenoxy) is 2. The van der Waals surface area contributed by atoms with Crippen LogP contribution in [0.15, 0.2) is 42.5 Å². The number of Topliss-reactive ketones (excluding diaryl/α,β-unsaturated/α-hetero) is 1. The van der Waals surface area contributed by atoms with Crippen LogP contribution in [0.2, 0.25) is 0 Å². The van der Waals surface area contributed by atoms with Gasteiger partial charge in [0.05, 0.1) is 12.0 Å². The molecule has 0 radical (unpaired) electrons. The number of rotatable bonds is 10. The topological polar surface area (TPSA) is 52.6 Å². The molecule has 0 atom stereocenters. The normalized spacial score (nSPS) is 11.2. The van der Waals surface area contributed by atoms with Gasteiger partial charge in [0.15, 0.2) is 0 Å². The van der Waals surface area contributed by atoms with E-state index < -0.39 is 5.41 Å². The van der Waals surface area contributed by atoms with E-state index in [9.17, 15) is 9.59 Å². The molecule has 0 N–H and O–H groups in total. The Morgan fingerprint density at radius 3 is 2.34 bits per heavy atom. The summed E-state index contributed by atoms with van der Waals surface area (Å²) < 4.78 is 11.5. The fourth-order valence-corrected chi connectivity index (χ4v) is 2.95. The Bertz CT molecular complexity index is 834. The highest BCUT2D eigenvalue weighted by Gasteiger charge is 2.29. The van der Waals surface area contributed by atoms with Gasteiger partial charge in [-0.05, 0) is 88.8 Å². The van der Waals surface area contributed by atoms with E-state index in [0.29, 0.717) is 31.6 Å². The zero-order chi connectivity index (χ0) is 21.4. The number of esters is 1. The van der Waals surface area contributed by atoms with Crippen LogP contribution in [0.1, 0.15) is 56.7 Å². The summed E-state index contributed by atoms with van der Waals surface area (Å²) in [5, 5.41) is 0. The highest BCUT2D eigenvalue weighted by Crippen LogP contribution is 2.27. The van der Waals surface area contributed by atoms with Gasteiger partial charge in [0.2, 0.25) is 0 Å². The van der Waals surface area contributed by atoms with Gasteiger partial charge >= 0.3 is 5.97 Å². The molecular weight excluding hydrogens is 364 g/mol. The maximum atomic E-state index is 12.6. The third-order valence-electron chi connectivity index (χ3n) is 5.00. The lowest BCUT2D eigenvalue weighted by molar-refractivity contribution is -0.144. The summed E-state index contributed by atoms with van der Waals surface area (Å²) >= 11 is 0. The predicted octanol–water partition coefficient (Wildman–Crippen LogP) is 5.62. The molecule has 0 aromatic heterocycles. The van der Waals surface area contributed by atoms with E-state index in [1.54, 1.807) is 19.1 Å². The largest absolute Gasteiger partial charge is 0.493 e. The van der Waals surface area contributed by atoms with Crippen molar-refractivity contribution in [3.8, 4) is 11.5 Å². The van der Waals surface area contributed by atoms with Gasteiger partial charge in [-0.1, -0.05) is 24.3 Å². The van der Waals surface area contributed by atoms with Gasteiger partial charge in [-0.25, -0.2) is 0 Å². The zero-order valence-electron chi connectivity index (χ0n) is 18.2. The summed E-state index contributed by atoms with van der Waals surface area (Å²) in [7, 11) is 0. The van der Waals surface area contributed by atoms with Crippen molar-refractivity contribution in [3.05, 3.63) is 59.2 Å². The Labute approximate surface area is 174 Å². The molecule has 0 aliphatic rings. The number of ketones is 1. The predicted molar refractivity (Wildman–Crippen MR) is 116 cm³/mol. The molecule has 0 unspecified atom stereocenters. The number of hydrogen-bond donors (Lipinski definition) is 0. The molecule has 2 aromatic carbocycles. The van der Waals surface area contributed by atoms with E-state index in [1.165, 1.54) is 5.56 Å². The first-order valence-electron chi connectivity index (χ1n) is 10.2. The van der Waals surface area contributed by atoms with Crippen LogP contribution >= 0.6 is 0 Å².